The minimum Gasteiger partial charge on any atom is -0.453 e. The molecule has 0 bridgehead atoms. The van der Waals surface area contributed by atoms with Gasteiger partial charge in [0.15, 0.2) is 28.9 Å². The van der Waals surface area contributed by atoms with Crippen LogP contribution < -0.4 is 0 Å². The molecule has 8 heteroatoms. The molecular formula is C19H21F5O3. The van der Waals surface area contributed by atoms with Gasteiger partial charge in [0.05, 0.1) is 5.56 Å². The summed E-state index contributed by atoms with van der Waals surface area (Å²) in [5.41, 5.74) is -2.59. The van der Waals surface area contributed by atoms with Crippen LogP contribution >= 0.6 is 0 Å². The zero-order chi connectivity index (χ0) is 20.3. The van der Waals surface area contributed by atoms with Crippen LogP contribution in [0.3, 0.4) is 0 Å². The molecule has 2 aliphatic rings. The molecule has 2 fully saturated rings. The molecule has 1 saturated carbocycles. The second-order valence-electron chi connectivity index (χ2n) is 8.37. The van der Waals surface area contributed by atoms with E-state index in [1.165, 1.54) is 0 Å². The maximum Gasteiger partial charge on any atom is 0.303 e. The Hall–Kier alpha value is -1.70. The van der Waals surface area contributed by atoms with Crippen molar-refractivity contribution in [2.24, 2.45) is 11.3 Å². The molecule has 0 aromatic heterocycles. The van der Waals surface area contributed by atoms with E-state index in [-0.39, 0.29) is 17.8 Å². The molecule has 1 aromatic carbocycles. The van der Waals surface area contributed by atoms with Crippen LogP contribution in [0, 0.1) is 40.4 Å². The topological polar surface area (TPSA) is 35.5 Å². The Morgan fingerprint density at radius 1 is 1.04 bits per heavy atom. The first-order valence-electron chi connectivity index (χ1n) is 8.76. The molecule has 1 heterocycles. The number of hydrogen-bond donors (Lipinski definition) is 0. The summed E-state index contributed by atoms with van der Waals surface area (Å²) < 4.78 is 80.1. The number of halogens is 5. The normalized spacial score (nSPS) is 30.5. The number of benzene rings is 1. The monoisotopic (exact) mass is 392 g/mol. The molecule has 0 unspecified atom stereocenters. The van der Waals surface area contributed by atoms with Gasteiger partial charge in [-0.3, -0.25) is 4.79 Å². The van der Waals surface area contributed by atoms with Gasteiger partial charge < -0.3 is 9.47 Å². The molecule has 1 aliphatic heterocycles. The molecule has 150 valence electrons. The summed E-state index contributed by atoms with van der Waals surface area (Å²) in [5.74, 6) is -10.7. The van der Waals surface area contributed by atoms with E-state index in [2.05, 4.69) is 0 Å². The molecule has 1 aromatic rings. The van der Waals surface area contributed by atoms with Crippen molar-refractivity contribution in [3.8, 4) is 0 Å². The molecule has 0 amide bonds. The van der Waals surface area contributed by atoms with Gasteiger partial charge >= 0.3 is 5.97 Å². The average molecular weight is 392 g/mol. The second-order valence-corrected chi connectivity index (χ2v) is 8.37. The number of esters is 1. The maximum absolute atomic E-state index is 14.3. The van der Waals surface area contributed by atoms with Gasteiger partial charge in [-0.1, -0.05) is 20.8 Å². The first kappa shape index (κ1) is 20.0. The summed E-state index contributed by atoms with van der Waals surface area (Å²) >= 11 is 0. The zero-order valence-electron chi connectivity index (χ0n) is 15.5. The fraction of sp³-hybridized carbons (Fsp3) is 0.632. The number of ether oxygens (including phenoxy) is 2. The predicted molar refractivity (Wildman–Crippen MR) is 85.1 cm³/mol. The Kier molecular flexibility index (Phi) is 4.77. The molecule has 1 saturated heterocycles. The van der Waals surface area contributed by atoms with E-state index in [9.17, 15) is 26.7 Å². The molecule has 3 nitrogen and oxygen atoms in total. The van der Waals surface area contributed by atoms with Crippen molar-refractivity contribution >= 4 is 5.97 Å². The molecule has 0 radical (unpaired) electrons. The van der Waals surface area contributed by atoms with E-state index >= 15 is 0 Å². The lowest BCUT2D eigenvalue weighted by atomic mass is 9.62. The summed E-state index contributed by atoms with van der Waals surface area (Å²) in [6.45, 7) is 7.25. The van der Waals surface area contributed by atoms with Gasteiger partial charge in [0.1, 0.15) is 12.2 Å². The highest BCUT2D eigenvalue weighted by molar-refractivity contribution is 5.67. The van der Waals surface area contributed by atoms with Crippen molar-refractivity contribution in [2.75, 3.05) is 0 Å². The Morgan fingerprint density at radius 3 is 2.00 bits per heavy atom. The highest BCUT2D eigenvalue weighted by atomic mass is 19.2. The van der Waals surface area contributed by atoms with Crippen molar-refractivity contribution in [3.05, 3.63) is 34.6 Å². The molecule has 3 rings (SSSR count). The van der Waals surface area contributed by atoms with Crippen molar-refractivity contribution in [1.82, 2.24) is 0 Å². The van der Waals surface area contributed by atoms with E-state index < -0.39 is 58.4 Å². The van der Waals surface area contributed by atoms with Crippen molar-refractivity contribution < 1.29 is 36.2 Å². The smallest absolute Gasteiger partial charge is 0.303 e. The molecule has 0 N–H and O–H groups in total. The SMILES string of the molecule is CC(=O)O[C@]12CC[C@@H](C(C)(C)C)C[C@H]1O[C@@H]2c1c(F)c(F)c(F)c(F)c1F. The van der Waals surface area contributed by atoms with Crippen LogP contribution in [0.2, 0.25) is 0 Å². The zero-order valence-corrected chi connectivity index (χ0v) is 15.5. The molecular weight excluding hydrogens is 371 g/mol. The number of hydrogen-bond acceptors (Lipinski definition) is 3. The Balaban J connectivity index is 2.03. The standard InChI is InChI=1S/C19H21F5O3/c1-8(25)27-19-6-5-9(18(2,3)4)7-10(19)26-17(19)11-12(20)14(22)16(24)15(23)13(11)21/h9-10,17H,5-7H2,1-4H3/t9-,10-,17-,19-/m1/s1. The third-order valence-corrected chi connectivity index (χ3v) is 5.74. The summed E-state index contributed by atoms with van der Waals surface area (Å²) in [7, 11) is 0. The lowest BCUT2D eigenvalue weighted by Crippen LogP contribution is -2.65. The van der Waals surface area contributed by atoms with Crippen LogP contribution in [0.5, 0.6) is 0 Å². The minimum atomic E-state index is -2.23. The fourth-order valence-corrected chi connectivity index (χ4v) is 4.20. The van der Waals surface area contributed by atoms with Crippen LogP contribution in [0.1, 0.15) is 58.6 Å². The lowest BCUT2D eigenvalue weighted by molar-refractivity contribution is -0.323. The summed E-state index contributed by atoms with van der Waals surface area (Å²) in [6, 6.07) is 0. The highest BCUT2D eigenvalue weighted by Gasteiger charge is 2.64. The summed E-state index contributed by atoms with van der Waals surface area (Å²) in [4.78, 5) is 11.6. The number of fused-ring (bicyclic) bond motifs is 1. The van der Waals surface area contributed by atoms with Gasteiger partial charge in [-0.05, 0) is 30.6 Å². The Morgan fingerprint density at radius 2 is 1.56 bits per heavy atom. The molecule has 4 atom stereocenters. The first-order chi connectivity index (χ1) is 12.4. The van der Waals surface area contributed by atoms with Gasteiger partial charge in [-0.2, -0.15) is 0 Å². The van der Waals surface area contributed by atoms with Crippen molar-refractivity contribution in [2.45, 2.75) is 64.8 Å². The van der Waals surface area contributed by atoms with E-state index in [0.29, 0.717) is 12.8 Å². The lowest BCUT2D eigenvalue weighted by Gasteiger charge is -2.59. The van der Waals surface area contributed by atoms with Gasteiger partial charge in [0.2, 0.25) is 5.82 Å². The van der Waals surface area contributed by atoms with Crippen molar-refractivity contribution in [3.63, 3.8) is 0 Å². The predicted octanol–water partition coefficient (Wildman–Crippen LogP) is 4.97. The van der Waals surface area contributed by atoms with Crippen LogP contribution in [0.15, 0.2) is 0 Å². The highest BCUT2D eigenvalue weighted by Crippen LogP contribution is 2.58. The number of carbonyl (C=O) groups excluding carboxylic acids is 1. The van der Waals surface area contributed by atoms with Gasteiger partial charge in [0, 0.05) is 6.92 Å². The third-order valence-electron chi connectivity index (χ3n) is 5.74. The quantitative estimate of drug-likeness (QED) is 0.309. The van der Waals surface area contributed by atoms with Crippen LogP contribution in [-0.4, -0.2) is 17.7 Å². The van der Waals surface area contributed by atoms with E-state index in [0.717, 1.165) is 6.92 Å². The summed E-state index contributed by atoms with van der Waals surface area (Å²) in [6.07, 6.45) is -0.967. The van der Waals surface area contributed by atoms with Crippen LogP contribution in [-0.2, 0) is 14.3 Å². The fourth-order valence-electron chi connectivity index (χ4n) is 4.20. The maximum atomic E-state index is 14.3. The van der Waals surface area contributed by atoms with Gasteiger partial charge in [0.25, 0.3) is 0 Å². The number of carbonyl (C=O) groups is 1. The number of rotatable bonds is 2. The first-order valence-corrected chi connectivity index (χ1v) is 8.76. The largest absolute Gasteiger partial charge is 0.453 e. The second kappa shape index (κ2) is 6.43. The Bertz CT molecular complexity index is 760. The minimum absolute atomic E-state index is 0.0680. The van der Waals surface area contributed by atoms with E-state index in [1.54, 1.807) is 0 Å². The van der Waals surface area contributed by atoms with Gasteiger partial charge in [-0.15, -0.1) is 0 Å². The Labute approximate surface area is 153 Å². The van der Waals surface area contributed by atoms with Gasteiger partial charge in [-0.25, -0.2) is 22.0 Å². The third kappa shape index (κ3) is 3.02. The molecule has 0 spiro atoms. The molecule has 1 aliphatic carbocycles. The van der Waals surface area contributed by atoms with Crippen LogP contribution in [0.25, 0.3) is 0 Å². The van der Waals surface area contributed by atoms with Crippen molar-refractivity contribution in [1.29, 1.82) is 0 Å². The van der Waals surface area contributed by atoms with E-state index in [4.69, 9.17) is 9.47 Å². The summed E-state index contributed by atoms with van der Waals surface area (Å²) in [5, 5.41) is 0. The average Bonchev–Trinajstić information content (AvgIpc) is 2.56. The molecule has 27 heavy (non-hydrogen) atoms. The van der Waals surface area contributed by atoms with Crippen LogP contribution in [0.4, 0.5) is 22.0 Å². The van der Waals surface area contributed by atoms with E-state index in [1.807, 2.05) is 20.8 Å².